The molecular weight excluding hydrogens is 384 g/mol. The van der Waals surface area contributed by atoms with Gasteiger partial charge in [0.1, 0.15) is 5.75 Å². The van der Waals surface area contributed by atoms with E-state index in [1.54, 1.807) is 7.11 Å². The van der Waals surface area contributed by atoms with Crippen LogP contribution >= 0.6 is 0 Å². The molecule has 2 aliphatic rings. The lowest BCUT2D eigenvalue weighted by Gasteiger charge is -2.44. The molecule has 5 nitrogen and oxygen atoms in total. The molecule has 0 aliphatic carbocycles. The maximum atomic E-state index is 5.42. The Hall–Kier alpha value is -2.50. The van der Waals surface area contributed by atoms with Crippen LogP contribution in [0.3, 0.4) is 0 Å². The molecule has 5 heteroatoms. The first-order chi connectivity index (χ1) is 15.2. The van der Waals surface area contributed by atoms with Crippen LogP contribution in [-0.2, 0) is 6.54 Å². The van der Waals surface area contributed by atoms with Crippen LogP contribution in [-0.4, -0.2) is 67.2 Å². The molecule has 31 heavy (non-hydrogen) atoms. The van der Waals surface area contributed by atoms with Crippen molar-refractivity contribution in [1.29, 1.82) is 0 Å². The molecule has 0 amide bonds. The van der Waals surface area contributed by atoms with Crippen LogP contribution in [0.1, 0.15) is 24.1 Å². The van der Waals surface area contributed by atoms with Crippen molar-refractivity contribution in [2.75, 3.05) is 51.3 Å². The number of hydrogen-bond donors (Lipinski definition) is 1. The molecule has 0 bridgehead atoms. The van der Waals surface area contributed by atoms with Gasteiger partial charge in [0, 0.05) is 67.6 Å². The quantitative estimate of drug-likeness (QED) is 0.671. The summed E-state index contributed by atoms with van der Waals surface area (Å²) in [5.74, 6) is 0.925. The Morgan fingerprint density at radius 3 is 2.58 bits per heavy atom. The maximum absolute atomic E-state index is 5.42. The third-order valence-corrected chi connectivity index (χ3v) is 7.18. The highest BCUT2D eigenvalue weighted by Gasteiger charge is 2.28. The van der Waals surface area contributed by atoms with Crippen LogP contribution in [0.15, 0.2) is 48.5 Å². The number of likely N-dealkylation sites (tertiary alicyclic amines) is 1. The SMILES string of the molecule is COc1ccc2[nH]c(CN3CCC[C@H](N4CCN(c5ccccc5)CC4)C3)c(C)c2c1. The monoisotopic (exact) mass is 418 g/mol. The fourth-order valence-electron chi connectivity index (χ4n) is 5.33. The van der Waals surface area contributed by atoms with Gasteiger partial charge in [-0.15, -0.1) is 0 Å². The number of methoxy groups -OCH3 is 1. The number of piperidine rings is 1. The number of benzene rings is 2. The van der Waals surface area contributed by atoms with E-state index in [-0.39, 0.29) is 0 Å². The highest BCUT2D eigenvalue weighted by atomic mass is 16.5. The van der Waals surface area contributed by atoms with Gasteiger partial charge in [0.25, 0.3) is 0 Å². The number of nitrogens with zero attached hydrogens (tertiary/aromatic N) is 3. The summed E-state index contributed by atoms with van der Waals surface area (Å²) in [5.41, 5.74) is 5.27. The first-order valence-electron chi connectivity index (χ1n) is 11.6. The summed E-state index contributed by atoms with van der Waals surface area (Å²) in [6, 6.07) is 17.8. The molecule has 1 aromatic heterocycles. The summed E-state index contributed by atoms with van der Waals surface area (Å²) < 4.78 is 5.42. The fourth-order valence-corrected chi connectivity index (χ4v) is 5.33. The molecule has 2 aliphatic heterocycles. The van der Waals surface area contributed by atoms with Crippen molar-refractivity contribution < 1.29 is 4.74 Å². The molecule has 0 radical (unpaired) electrons. The molecule has 0 spiro atoms. The molecule has 2 saturated heterocycles. The largest absolute Gasteiger partial charge is 0.497 e. The second-order valence-corrected chi connectivity index (χ2v) is 9.03. The van der Waals surface area contributed by atoms with Crippen molar-refractivity contribution in [2.45, 2.75) is 32.4 Å². The highest BCUT2D eigenvalue weighted by molar-refractivity contribution is 5.85. The summed E-state index contributed by atoms with van der Waals surface area (Å²) in [6.07, 6.45) is 2.61. The molecule has 0 saturated carbocycles. The van der Waals surface area contributed by atoms with E-state index in [1.165, 1.54) is 66.9 Å². The highest BCUT2D eigenvalue weighted by Crippen LogP contribution is 2.28. The van der Waals surface area contributed by atoms with Gasteiger partial charge in [-0.25, -0.2) is 0 Å². The molecule has 3 heterocycles. The molecule has 1 N–H and O–H groups in total. The topological polar surface area (TPSA) is 34.7 Å². The lowest BCUT2D eigenvalue weighted by molar-refractivity contribution is 0.0881. The van der Waals surface area contributed by atoms with Gasteiger partial charge in [0.2, 0.25) is 0 Å². The number of piperazine rings is 1. The minimum absolute atomic E-state index is 0.677. The second kappa shape index (κ2) is 8.93. The molecule has 5 rings (SSSR count). The Kier molecular flexibility index (Phi) is 5.88. The minimum atomic E-state index is 0.677. The first kappa shape index (κ1) is 20.4. The summed E-state index contributed by atoms with van der Waals surface area (Å²) in [7, 11) is 1.73. The number of ether oxygens (including phenoxy) is 1. The Bertz CT molecular complexity index is 1010. The van der Waals surface area contributed by atoms with Gasteiger partial charge in [-0.3, -0.25) is 9.80 Å². The van der Waals surface area contributed by atoms with Gasteiger partial charge >= 0.3 is 0 Å². The van der Waals surface area contributed by atoms with Crippen LogP contribution in [0, 0.1) is 6.92 Å². The van der Waals surface area contributed by atoms with Crippen molar-refractivity contribution in [3.63, 3.8) is 0 Å². The number of fused-ring (bicyclic) bond motifs is 1. The smallest absolute Gasteiger partial charge is 0.119 e. The number of H-pyrrole nitrogens is 1. The number of aromatic nitrogens is 1. The lowest BCUT2D eigenvalue weighted by atomic mass is 10.0. The van der Waals surface area contributed by atoms with Crippen molar-refractivity contribution in [3.05, 3.63) is 59.8 Å². The molecule has 2 aromatic carbocycles. The van der Waals surface area contributed by atoms with E-state index in [0.717, 1.165) is 25.4 Å². The zero-order chi connectivity index (χ0) is 21.2. The van der Waals surface area contributed by atoms with Crippen LogP contribution < -0.4 is 9.64 Å². The third kappa shape index (κ3) is 4.30. The number of anilines is 1. The van der Waals surface area contributed by atoms with Crippen LogP contribution in [0.2, 0.25) is 0 Å². The first-order valence-corrected chi connectivity index (χ1v) is 11.6. The maximum Gasteiger partial charge on any atom is 0.119 e. The minimum Gasteiger partial charge on any atom is -0.497 e. The van der Waals surface area contributed by atoms with Gasteiger partial charge in [-0.1, -0.05) is 18.2 Å². The van der Waals surface area contributed by atoms with Gasteiger partial charge in [0.05, 0.1) is 7.11 Å². The van der Waals surface area contributed by atoms with Crippen LogP contribution in [0.5, 0.6) is 5.75 Å². The van der Waals surface area contributed by atoms with Gasteiger partial charge in [0.15, 0.2) is 0 Å². The number of para-hydroxylation sites is 1. The van der Waals surface area contributed by atoms with E-state index in [4.69, 9.17) is 4.74 Å². The fraction of sp³-hybridized carbons (Fsp3) is 0.462. The Labute approximate surface area is 185 Å². The van der Waals surface area contributed by atoms with Crippen molar-refractivity contribution in [3.8, 4) is 5.75 Å². The van der Waals surface area contributed by atoms with Crippen molar-refractivity contribution in [2.24, 2.45) is 0 Å². The summed E-state index contributed by atoms with van der Waals surface area (Å²) in [4.78, 5) is 11.6. The number of nitrogens with one attached hydrogen (secondary N) is 1. The summed E-state index contributed by atoms with van der Waals surface area (Å²) in [5, 5.41) is 1.28. The molecule has 1 atom stereocenters. The second-order valence-electron chi connectivity index (χ2n) is 9.03. The van der Waals surface area contributed by atoms with Crippen LogP contribution in [0.25, 0.3) is 10.9 Å². The van der Waals surface area contributed by atoms with Crippen molar-refractivity contribution in [1.82, 2.24) is 14.8 Å². The van der Waals surface area contributed by atoms with E-state index in [9.17, 15) is 0 Å². The van der Waals surface area contributed by atoms with Crippen molar-refractivity contribution >= 4 is 16.6 Å². The van der Waals surface area contributed by atoms with E-state index < -0.39 is 0 Å². The molecule has 3 aromatic rings. The summed E-state index contributed by atoms with van der Waals surface area (Å²) in [6.45, 7) is 10.2. The molecule has 164 valence electrons. The Balaban J connectivity index is 1.21. The zero-order valence-corrected chi connectivity index (χ0v) is 18.8. The normalized spacial score (nSPS) is 21.0. The summed E-state index contributed by atoms with van der Waals surface area (Å²) >= 11 is 0. The lowest BCUT2D eigenvalue weighted by Crippen LogP contribution is -2.55. The average molecular weight is 419 g/mol. The van der Waals surface area contributed by atoms with E-state index >= 15 is 0 Å². The zero-order valence-electron chi connectivity index (χ0n) is 18.8. The standard InChI is InChI=1S/C26H34N4O/c1-20-24-17-23(31-2)10-11-25(24)27-26(20)19-28-12-6-9-22(18-28)30-15-13-29(14-16-30)21-7-4-3-5-8-21/h3-5,7-8,10-11,17,22,27H,6,9,12-16,18-19H2,1-2H3/t22-/m0/s1. The van der Waals surface area contributed by atoms with Gasteiger partial charge < -0.3 is 14.6 Å². The molecule has 0 unspecified atom stereocenters. The Morgan fingerprint density at radius 2 is 1.81 bits per heavy atom. The predicted molar refractivity (Wildman–Crippen MR) is 128 cm³/mol. The average Bonchev–Trinajstić information content (AvgIpc) is 3.14. The Morgan fingerprint density at radius 1 is 1.00 bits per heavy atom. The van der Waals surface area contributed by atoms with E-state index in [1.807, 2.05) is 6.07 Å². The third-order valence-electron chi connectivity index (χ3n) is 7.18. The van der Waals surface area contributed by atoms with Gasteiger partial charge in [-0.05, 0) is 62.2 Å². The van der Waals surface area contributed by atoms with Gasteiger partial charge in [-0.2, -0.15) is 0 Å². The molecular formula is C26H34N4O. The number of aryl methyl sites for hydroxylation is 1. The van der Waals surface area contributed by atoms with E-state index in [0.29, 0.717) is 6.04 Å². The predicted octanol–water partition coefficient (Wildman–Crippen LogP) is 4.27. The number of aromatic amines is 1. The number of rotatable bonds is 5. The van der Waals surface area contributed by atoms with E-state index in [2.05, 4.69) is 69.1 Å². The molecule has 2 fully saturated rings. The number of hydrogen-bond acceptors (Lipinski definition) is 4. The van der Waals surface area contributed by atoms with Crippen LogP contribution in [0.4, 0.5) is 5.69 Å².